The van der Waals surface area contributed by atoms with Gasteiger partial charge in [-0.2, -0.15) is 0 Å². The minimum Gasteiger partial charge on any atom is -0.338 e. The molecular weight excluding hydrogens is 384 g/mol. The van der Waals surface area contributed by atoms with Gasteiger partial charge in [0.15, 0.2) is 0 Å². The largest absolute Gasteiger partial charge is 0.338 e. The number of hydrogen-bond acceptors (Lipinski definition) is 5. The predicted molar refractivity (Wildman–Crippen MR) is 114 cm³/mol. The first-order valence-corrected chi connectivity index (χ1v) is 10.8. The monoisotopic (exact) mass is 410 g/mol. The van der Waals surface area contributed by atoms with Crippen molar-refractivity contribution in [3.63, 3.8) is 0 Å². The number of hydrogen-bond donors (Lipinski definition) is 2. The number of imidazole rings is 1. The summed E-state index contributed by atoms with van der Waals surface area (Å²) < 4.78 is 1.84. The summed E-state index contributed by atoms with van der Waals surface area (Å²) in [5, 5.41) is 8.06. The van der Waals surface area contributed by atoms with Crippen molar-refractivity contribution >= 4 is 17.4 Å². The van der Waals surface area contributed by atoms with Crippen LogP contribution >= 0.6 is 11.3 Å². The first-order chi connectivity index (χ1) is 14.3. The highest BCUT2D eigenvalue weighted by atomic mass is 32.1. The Bertz CT molecular complexity index is 871. The van der Waals surface area contributed by atoms with E-state index in [0.717, 1.165) is 50.4 Å². The Labute approximate surface area is 174 Å². The number of carbonyl (C=O) groups excluding carboxylic acids is 1. The number of urea groups is 1. The molecule has 0 unspecified atom stereocenters. The highest BCUT2D eigenvalue weighted by Crippen LogP contribution is 2.20. The van der Waals surface area contributed by atoms with Gasteiger partial charge in [0.2, 0.25) is 0 Å². The van der Waals surface area contributed by atoms with Crippen LogP contribution in [0, 0.1) is 5.92 Å². The molecule has 8 heteroatoms. The molecule has 2 N–H and O–H groups in total. The summed E-state index contributed by atoms with van der Waals surface area (Å²) >= 11 is 1.82. The fourth-order valence-corrected chi connectivity index (χ4v) is 4.27. The normalized spacial score (nSPS) is 15.3. The van der Waals surface area contributed by atoms with Gasteiger partial charge in [0, 0.05) is 43.1 Å². The van der Waals surface area contributed by atoms with E-state index in [-0.39, 0.29) is 6.03 Å². The first kappa shape index (κ1) is 19.6. The van der Waals surface area contributed by atoms with Crippen molar-refractivity contribution in [3.05, 3.63) is 65.0 Å². The second-order valence-corrected chi connectivity index (χ2v) is 8.39. The first-order valence-electron chi connectivity index (χ1n) is 9.96. The van der Waals surface area contributed by atoms with Gasteiger partial charge in [-0.25, -0.2) is 14.8 Å². The van der Waals surface area contributed by atoms with Gasteiger partial charge in [-0.15, -0.1) is 11.3 Å². The van der Waals surface area contributed by atoms with Crippen LogP contribution < -0.4 is 10.6 Å². The molecule has 4 heterocycles. The van der Waals surface area contributed by atoms with E-state index >= 15 is 0 Å². The lowest BCUT2D eigenvalue weighted by atomic mass is 9.97. The summed E-state index contributed by atoms with van der Waals surface area (Å²) in [6.07, 6.45) is 9.31. The lowest BCUT2D eigenvalue weighted by Gasteiger charge is -2.31. The Morgan fingerprint density at radius 1 is 1.21 bits per heavy atom. The number of rotatable bonds is 7. The highest BCUT2D eigenvalue weighted by Gasteiger charge is 2.19. The minimum absolute atomic E-state index is 0.121. The van der Waals surface area contributed by atoms with Crippen LogP contribution in [0.3, 0.4) is 0 Å². The molecule has 0 saturated carbocycles. The fourth-order valence-electron chi connectivity index (χ4n) is 3.52. The molecule has 152 valence electrons. The highest BCUT2D eigenvalue weighted by molar-refractivity contribution is 7.09. The van der Waals surface area contributed by atoms with Crippen molar-refractivity contribution in [1.82, 2.24) is 30.1 Å². The van der Waals surface area contributed by atoms with Crippen molar-refractivity contribution in [1.29, 1.82) is 0 Å². The number of amides is 2. The van der Waals surface area contributed by atoms with E-state index in [1.165, 1.54) is 4.88 Å². The number of nitrogens with one attached hydrogen (secondary N) is 2. The van der Waals surface area contributed by atoms with Crippen LogP contribution in [0.5, 0.6) is 0 Å². The molecule has 1 saturated heterocycles. The van der Waals surface area contributed by atoms with Crippen molar-refractivity contribution in [3.8, 4) is 5.82 Å². The van der Waals surface area contributed by atoms with Gasteiger partial charge in [-0.1, -0.05) is 12.1 Å². The molecule has 4 rings (SSSR count). The van der Waals surface area contributed by atoms with Crippen molar-refractivity contribution in [2.75, 3.05) is 19.6 Å². The Morgan fingerprint density at radius 3 is 2.79 bits per heavy atom. The minimum atomic E-state index is -0.121. The SMILES string of the molecule is O=C(NCc1ccc(-n2ccnc2)nc1)NCC1CCN(Cc2cccs2)CC1. The number of aromatic nitrogens is 3. The Balaban J connectivity index is 1.13. The molecule has 29 heavy (non-hydrogen) atoms. The molecule has 2 amide bonds. The Hall–Kier alpha value is -2.71. The molecule has 3 aromatic rings. The number of piperidine rings is 1. The molecule has 0 spiro atoms. The average Bonchev–Trinajstić information content (AvgIpc) is 3.47. The van der Waals surface area contributed by atoms with Crippen LogP contribution in [0.4, 0.5) is 4.79 Å². The molecule has 0 radical (unpaired) electrons. The molecule has 1 aliphatic rings. The maximum atomic E-state index is 12.1. The summed E-state index contributed by atoms with van der Waals surface area (Å²) in [5.74, 6) is 1.36. The van der Waals surface area contributed by atoms with Crippen LogP contribution in [0.1, 0.15) is 23.3 Å². The number of pyridine rings is 1. The average molecular weight is 411 g/mol. The van der Waals surface area contributed by atoms with Gasteiger partial charge in [0.05, 0.1) is 0 Å². The standard InChI is InChI=1S/C21H26N6OS/c28-21(25-14-18-3-4-20(23-13-18)27-10-7-22-16-27)24-12-17-5-8-26(9-6-17)15-19-2-1-11-29-19/h1-4,7,10-11,13,16-17H,5-6,8-9,12,14-15H2,(H2,24,25,28). The van der Waals surface area contributed by atoms with Crippen LogP contribution in [0.25, 0.3) is 5.82 Å². The van der Waals surface area contributed by atoms with E-state index in [0.29, 0.717) is 12.5 Å². The molecule has 3 aromatic heterocycles. The van der Waals surface area contributed by atoms with Gasteiger partial charge in [0.1, 0.15) is 12.1 Å². The quantitative estimate of drug-likeness (QED) is 0.628. The molecular formula is C21H26N6OS. The zero-order valence-electron chi connectivity index (χ0n) is 16.3. The topological polar surface area (TPSA) is 75.1 Å². The third-order valence-electron chi connectivity index (χ3n) is 5.25. The van der Waals surface area contributed by atoms with Crippen molar-refractivity contribution in [2.45, 2.75) is 25.9 Å². The smallest absolute Gasteiger partial charge is 0.315 e. The van der Waals surface area contributed by atoms with Gasteiger partial charge in [-0.05, 0) is 54.9 Å². The number of carbonyl (C=O) groups is 1. The lowest BCUT2D eigenvalue weighted by Crippen LogP contribution is -2.41. The number of nitrogens with zero attached hydrogens (tertiary/aromatic N) is 4. The lowest BCUT2D eigenvalue weighted by molar-refractivity contribution is 0.176. The molecule has 0 aromatic carbocycles. The van der Waals surface area contributed by atoms with E-state index in [1.54, 1.807) is 18.7 Å². The molecule has 0 aliphatic carbocycles. The Kier molecular flexibility index (Phi) is 6.53. The van der Waals surface area contributed by atoms with Crippen molar-refractivity contribution in [2.24, 2.45) is 5.92 Å². The van der Waals surface area contributed by atoms with Crippen LogP contribution in [0.2, 0.25) is 0 Å². The Morgan fingerprint density at radius 2 is 2.10 bits per heavy atom. The summed E-state index contributed by atoms with van der Waals surface area (Å²) in [5.41, 5.74) is 0.964. The molecule has 1 aliphatic heterocycles. The zero-order valence-corrected chi connectivity index (χ0v) is 17.1. The van der Waals surface area contributed by atoms with Gasteiger partial charge in [-0.3, -0.25) is 9.47 Å². The summed E-state index contributed by atoms with van der Waals surface area (Å²) in [6, 6.07) is 8.07. The van der Waals surface area contributed by atoms with E-state index in [9.17, 15) is 4.79 Å². The molecule has 0 atom stereocenters. The second kappa shape index (κ2) is 9.67. The van der Waals surface area contributed by atoms with E-state index in [1.807, 2.05) is 34.2 Å². The molecule has 7 nitrogen and oxygen atoms in total. The summed E-state index contributed by atoms with van der Waals surface area (Å²) in [7, 11) is 0. The zero-order chi connectivity index (χ0) is 19.9. The van der Waals surface area contributed by atoms with E-state index in [2.05, 4.69) is 43.0 Å². The van der Waals surface area contributed by atoms with Crippen LogP contribution in [-0.2, 0) is 13.1 Å². The van der Waals surface area contributed by atoms with Crippen molar-refractivity contribution < 1.29 is 4.79 Å². The van der Waals surface area contributed by atoms with E-state index < -0.39 is 0 Å². The van der Waals surface area contributed by atoms with Gasteiger partial charge >= 0.3 is 6.03 Å². The van der Waals surface area contributed by atoms with Gasteiger partial charge < -0.3 is 10.6 Å². The molecule has 1 fully saturated rings. The second-order valence-electron chi connectivity index (χ2n) is 7.36. The maximum absolute atomic E-state index is 12.1. The van der Waals surface area contributed by atoms with Crippen LogP contribution in [0.15, 0.2) is 54.6 Å². The predicted octanol–water partition coefficient (Wildman–Crippen LogP) is 3.04. The van der Waals surface area contributed by atoms with Crippen LogP contribution in [-0.4, -0.2) is 45.1 Å². The van der Waals surface area contributed by atoms with Gasteiger partial charge in [0.25, 0.3) is 0 Å². The third-order valence-corrected chi connectivity index (χ3v) is 6.11. The summed E-state index contributed by atoms with van der Waals surface area (Å²) in [4.78, 5) is 24.5. The number of likely N-dealkylation sites (tertiary alicyclic amines) is 1. The third kappa shape index (κ3) is 5.65. The maximum Gasteiger partial charge on any atom is 0.315 e. The number of thiophene rings is 1. The van der Waals surface area contributed by atoms with E-state index in [4.69, 9.17) is 0 Å². The molecule has 0 bridgehead atoms. The summed E-state index contributed by atoms with van der Waals surface area (Å²) in [6.45, 7) is 4.44. The fraction of sp³-hybridized carbons (Fsp3) is 0.381.